The fraction of sp³-hybridized carbons (Fsp3) is 0.409. The largest absolute Gasteiger partial charge is 0.454 e. The van der Waals surface area contributed by atoms with Crippen molar-refractivity contribution in [1.82, 2.24) is 14.3 Å². The number of H-pyrrole nitrogens is 1. The van der Waals surface area contributed by atoms with E-state index in [0.29, 0.717) is 29.1 Å². The first kappa shape index (κ1) is 21.3. The molecule has 8 nitrogen and oxygen atoms in total. The summed E-state index contributed by atoms with van der Waals surface area (Å²) in [7, 11) is -3.53. The van der Waals surface area contributed by atoms with Crippen molar-refractivity contribution >= 4 is 37.5 Å². The number of ether oxygens (including phenoxy) is 1. The number of nitrogens with one attached hydrogen (secondary N) is 1. The predicted octanol–water partition coefficient (Wildman–Crippen LogP) is 3.00. The Balaban J connectivity index is 1.29. The number of aryl methyl sites for hydroxylation is 2. The minimum Gasteiger partial charge on any atom is -0.454 e. The Morgan fingerprint density at radius 1 is 1.09 bits per heavy atom. The van der Waals surface area contributed by atoms with Gasteiger partial charge in [0.25, 0.3) is 5.56 Å². The van der Waals surface area contributed by atoms with Crippen LogP contribution in [0.3, 0.4) is 0 Å². The number of benzene rings is 1. The van der Waals surface area contributed by atoms with Crippen LogP contribution in [0.4, 0.5) is 0 Å². The summed E-state index contributed by atoms with van der Waals surface area (Å²) < 4.78 is 32.0. The Labute approximate surface area is 189 Å². The summed E-state index contributed by atoms with van der Waals surface area (Å²) in [5, 5.41) is 0.662. The summed E-state index contributed by atoms with van der Waals surface area (Å²) in [6, 6.07) is 5.73. The smallest absolute Gasteiger partial charge is 0.338 e. The van der Waals surface area contributed by atoms with Crippen molar-refractivity contribution in [2.75, 3.05) is 13.1 Å². The fourth-order valence-corrected chi connectivity index (χ4v) is 7.13. The maximum atomic E-state index is 12.6. The molecule has 3 aromatic rings. The number of aromatic nitrogens is 2. The first-order valence-electron chi connectivity index (χ1n) is 10.7. The number of rotatable bonds is 5. The van der Waals surface area contributed by atoms with Crippen LogP contribution in [0, 0.1) is 0 Å². The second-order valence-corrected chi connectivity index (χ2v) is 11.1. The second kappa shape index (κ2) is 8.42. The minimum absolute atomic E-state index is 0.161. The summed E-state index contributed by atoms with van der Waals surface area (Å²) in [4.78, 5) is 34.3. The lowest BCUT2D eigenvalue weighted by atomic mass is 9.97. The number of thiophene rings is 1. The average molecular weight is 474 g/mol. The van der Waals surface area contributed by atoms with E-state index >= 15 is 0 Å². The van der Waals surface area contributed by atoms with Crippen molar-refractivity contribution in [3.63, 3.8) is 0 Å². The van der Waals surface area contributed by atoms with E-state index in [9.17, 15) is 18.0 Å². The van der Waals surface area contributed by atoms with E-state index in [1.807, 2.05) is 0 Å². The van der Waals surface area contributed by atoms with Crippen LogP contribution in [0.1, 0.15) is 52.3 Å². The topological polar surface area (TPSA) is 109 Å². The normalized spacial score (nSPS) is 16.9. The number of esters is 1. The molecule has 1 aromatic carbocycles. The van der Waals surface area contributed by atoms with E-state index < -0.39 is 16.0 Å². The van der Waals surface area contributed by atoms with Crippen molar-refractivity contribution in [3.8, 4) is 0 Å². The molecule has 1 saturated heterocycles. The molecule has 1 aliphatic heterocycles. The Hall–Kier alpha value is -2.56. The highest BCUT2D eigenvalue weighted by atomic mass is 32.2. The molecular weight excluding hydrogens is 450 g/mol. The van der Waals surface area contributed by atoms with Gasteiger partial charge in [-0.2, -0.15) is 4.31 Å². The van der Waals surface area contributed by atoms with Crippen molar-refractivity contribution in [3.05, 3.63) is 56.4 Å². The molecule has 32 heavy (non-hydrogen) atoms. The number of hydrogen-bond acceptors (Lipinski definition) is 7. The van der Waals surface area contributed by atoms with Crippen LogP contribution in [0.5, 0.6) is 0 Å². The van der Waals surface area contributed by atoms with Crippen LogP contribution in [-0.2, 0) is 34.2 Å². The van der Waals surface area contributed by atoms with Gasteiger partial charge in [-0.3, -0.25) is 4.79 Å². The molecule has 1 aliphatic carbocycles. The van der Waals surface area contributed by atoms with Gasteiger partial charge in [0.05, 0.1) is 15.8 Å². The lowest BCUT2D eigenvalue weighted by Crippen LogP contribution is -2.27. The summed E-state index contributed by atoms with van der Waals surface area (Å²) >= 11 is 1.54. The molecule has 0 saturated carbocycles. The minimum atomic E-state index is -3.53. The molecule has 2 aliphatic rings. The van der Waals surface area contributed by atoms with Gasteiger partial charge in [-0.1, -0.05) is 0 Å². The zero-order valence-electron chi connectivity index (χ0n) is 17.4. The highest BCUT2D eigenvalue weighted by Crippen LogP contribution is 2.33. The van der Waals surface area contributed by atoms with Crippen LogP contribution in [0.15, 0.2) is 34.0 Å². The molecule has 0 atom stereocenters. The van der Waals surface area contributed by atoms with Crippen molar-refractivity contribution in [2.45, 2.75) is 50.0 Å². The number of aromatic amines is 1. The van der Waals surface area contributed by atoms with E-state index in [2.05, 4.69) is 9.97 Å². The van der Waals surface area contributed by atoms with Gasteiger partial charge >= 0.3 is 5.97 Å². The molecule has 3 heterocycles. The van der Waals surface area contributed by atoms with Gasteiger partial charge in [0, 0.05) is 18.0 Å². The van der Waals surface area contributed by atoms with Crippen molar-refractivity contribution in [1.29, 1.82) is 0 Å². The third kappa shape index (κ3) is 3.87. The van der Waals surface area contributed by atoms with E-state index in [0.717, 1.165) is 44.1 Å². The third-order valence-electron chi connectivity index (χ3n) is 6.01. The lowest BCUT2D eigenvalue weighted by molar-refractivity contribution is 0.0462. The van der Waals surface area contributed by atoms with Crippen LogP contribution >= 0.6 is 11.3 Å². The molecule has 0 bridgehead atoms. The summed E-state index contributed by atoms with van der Waals surface area (Å²) in [5.41, 5.74) is 1.15. The second-order valence-electron chi connectivity index (χ2n) is 8.12. The van der Waals surface area contributed by atoms with E-state index in [-0.39, 0.29) is 22.6 Å². The van der Waals surface area contributed by atoms with Crippen LogP contribution in [0.2, 0.25) is 0 Å². The number of nitrogens with zero attached hydrogens (tertiary/aromatic N) is 2. The molecule has 1 N–H and O–H groups in total. The van der Waals surface area contributed by atoms with Gasteiger partial charge in [-0.05, 0) is 68.4 Å². The molecule has 1 fully saturated rings. The SMILES string of the molecule is O=C(OCc1nc2sc3c(c2c(=O)[nH]1)CCCC3)c1ccc(S(=O)(=O)N2CCCC2)cc1. The Bertz CT molecular complexity index is 1340. The maximum absolute atomic E-state index is 12.6. The molecular formula is C22H23N3O5S2. The molecule has 5 rings (SSSR count). The molecule has 2 aromatic heterocycles. The molecule has 0 unspecified atom stereocenters. The zero-order valence-corrected chi connectivity index (χ0v) is 19.1. The predicted molar refractivity (Wildman–Crippen MR) is 120 cm³/mol. The third-order valence-corrected chi connectivity index (χ3v) is 9.11. The summed E-state index contributed by atoms with van der Waals surface area (Å²) in [5.74, 6) is -0.314. The van der Waals surface area contributed by atoms with E-state index in [1.165, 1.54) is 33.4 Å². The average Bonchev–Trinajstić information content (AvgIpc) is 3.46. The van der Waals surface area contributed by atoms with Gasteiger partial charge in [0.2, 0.25) is 10.0 Å². The van der Waals surface area contributed by atoms with Gasteiger partial charge < -0.3 is 9.72 Å². The van der Waals surface area contributed by atoms with Crippen LogP contribution in [0.25, 0.3) is 10.2 Å². The van der Waals surface area contributed by atoms with E-state index in [1.54, 1.807) is 11.3 Å². The van der Waals surface area contributed by atoms with Crippen LogP contribution < -0.4 is 5.56 Å². The van der Waals surface area contributed by atoms with Gasteiger partial charge in [0.15, 0.2) is 0 Å². The first-order valence-corrected chi connectivity index (χ1v) is 13.0. The molecule has 10 heteroatoms. The van der Waals surface area contributed by atoms with Gasteiger partial charge in [-0.15, -0.1) is 11.3 Å². The number of carbonyl (C=O) groups excluding carboxylic acids is 1. The monoisotopic (exact) mass is 473 g/mol. The summed E-state index contributed by atoms with van der Waals surface area (Å²) in [6.45, 7) is 0.879. The number of sulfonamides is 1. The van der Waals surface area contributed by atoms with Gasteiger partial charge in [-0.25, -0.2) is 18.2 Å². The van der Waals surface area contributed by atoms with Crippen molar-refractivity contribution < 1.29 is 17.9 Å². The maximum Gasteiger partial charge on any atom is 0.338 e. The zero-order chi connectivity index (χ0) is 22.3. The Morgan fingerprint density at radius 3 is 2.56 bits per heavy atom. The Morgan fingerprint density at radius 2 is 1.81 bits per heavy atom. The van der Waals surface area contributed by atoms with Crippen LogP contribution in [-0.4, -0.2) is 41.7 Å². The molecule has 0 amide bonds. The standard InChI is InChI=1S/C22H23N3O5S2/c26-20-19-16-5-1-2-6-17(16)31-21(19)24-18(23-20)13-30-22(27)14-7-9-15(10-8-14)32(28,29)25-11-3-4-12-25/h7-10H,1-6,11-13H2,(H,23,24,26). The Kier molecular flexibility index (Phi) is 5.60. The molecule has 168 valence electrons. The van der Waals surface area contributed by atoms with E-state index in [4.69, 9.17) is 4.74 Å². The quantitative estimate of drug-likeness (QED) is 0.571. The molecule has 0 radical (unpaired) electrons. The number of carbonyl (C=O) groups is 1. The molecule has 0 spiro atoms. The number of fused-ring (bicyclic) bond motifs is 3. The van der Waals surface area contributed by atoms with Gasteiger partial charge in [0.1, 0.15) is 17.3 Å². The lowest BCUT2D eigenvalue weighted by Gasteiger charge is -2.15. The summed E-state index contributed by atoms with van der Waals surface area (Å²) in [6.07, 6.45) is 5.80. The number of hydrogen-bond donors (Lipinski definition) is 1. The highest BCUT2D eigenvalue weighted by Gasteiger charge is 2.27. The highest BCUT2D eigenvalue weighted by molar-refractivity contribution is 7.89. The first-order chi connectivity index (χ1) is 15.4. The van der Waals surface area contributed by atoms with Crippen molar-refractivity contribution in [2.24, 2.45) is 0 Å². The fourth-order valence-electron chi connectivity index (χ4n) is 4.33.